The number of Topliss-reactive ketones (excluding diaryl/α,β-unsaturated/α-hetero) is 1. The van der Waals surface area contributed by atoms with E-state index in [4.69, 9.17) is 14.8 Å². The molecule has 1 aliphatic heterocycles. The van der Waals surface area contributed by atoms with Crippen LogP contribution in [0.5, 0.6) is 0 Å². The van der Waals surface area contributed by atoms with Crippen molar-refractivity contribution in [2.75, 3.05) is 26.3 Å². The summed E-state index contributed by atoms with van der Waals surface area (Å²) in [5.74, 6) is -1.29. The Morgan fingerprint density at radius 2 is 1.56 bits per heavy atom. The van der Waals surface area contributed by atoms with E-state index < -0.39 is 24.6 Å². The molecule has 41 heavy (non-hydrogen) atoms. The third-order valence-corrected chi connectivity index (χ3v) is 10.8. The Labute approximate surface area is 241 Å². The molecule has 0 saturated carbocycles. The summed E-state index contributed by atoms with van der Waals surface area (Å²) in [4.78, 5) is 31.2. The van der Waals surface area contributed by atoms with Gasteiger partial charge in [0, 0.05) is 19.1 Å². The van der Waals surface area contributed by atoms with Crippen LogP contribution in [0.15, 0.2) is 66.7 Å². The van der Waals surface area contributed by atoms with Crippen molar-refractivity contribution in [3.8, 4) is 0 Å². The molecule has 5 rings (SSSR count). The van der Waals surface area contributed by atoms with Gasteiger partial charge in [-0.25, -0.2) is 0 Å². The largest absolute Gasteiger partial charge is 0.345 e. The van der Waals surface area contributed by atoms with Crippen LogP contribution in [0.2, 0.25) is 0 Å². The number of nitrogens with zero attached hydrogens (tertiary/aromatic N) is 1. The molecule has 0 aromatic heterocycles. The van der Waals surface area contributed by atoms with Crippen molar-refractivity contribution in [1.29, 1.82) is 0 Å². The zero-order chi connectivity index (χ0) is 29.2. The Hall–Kier alpha value is -3.09. The lowest BCUT2D eigenvalue weighted by atomic mass is 9.68. The van der Waals surface area contributed by atoms with E-state index in [2.05, 4.69) is 0 Å². The molecular formula is C33H39N2O5P. The Kier molecular flexibility index (Phi) is 8.62. The van der Waals surface area contributed by atoms with Crippen LogP contribution in [0.4, 0.5) is 0 Å². The number of nitrogens with two attached hydrogens (primary N) is 1. The number of carbonyl (C=O) groups is 2. The minimum atomic E-state index is -4.03. The average molecular weight is 575 g/mol. The minimum absolute atomic E-state index is 0.0636. The van der Waals surface area contributed by atoms with Crippen molar-refractivity contribution in [3.63, 3.8) is 0 Å². The third-order valence-electron chi connectivity index (χ3n) is 8.39. The predicted octanol–water partition coefficient (Wildman–Crippen LogP) is 4.56. The molecule has 3 unspecified atom stereocenters. The number of carbonyl (C=O) groups excluding carboxylic acids is 2. The SMILES string of the molecule is CCOP(=O)(OCC)C(C(=O)C1(C)C=c2ccccc2=CC1C(=O)N1CCC(N)CC1)c1cccc2ccccc12. The molecule has 1 amide bonds. The zero-order valence-corrected chi connectivity index (χ0v) is 24.9. The number of piperidine rings is 1. The van der Waals surface area contributed by atoms with Gasteiger partial charge < -0.3 is 19.7 Å². The monoisotopic (exact) mass is 574 g/mol. The smallest absolute Gasteiger partial charge is 0.342 e. The number of fused-ring (bicyclic) bond motifs is 2. The summed E-state index contributed by atoms with van der Waals surface area (Å²) in [6, 6.07) is 21.1. The summed E-state index contributed by atoms with van der Waals surface area (Å²) in [5, 5.41) is 3.45. The van der Waals surface area contributed by atoms with Gasteiger partial charge in [0.15, 0.2) is 5.78 Å². The van der Waals surface area contributed by atoms with E-state index in [-0.39, 0.29) is 30.9 Å². The quantitative estimate of drug-likeness (QED) is 0.376. The summed E-state index contributed by atoms with van der Waals surface area (Å²) in [5.41, 5.74) is 4.14. The van der Waals surface area contributed by atoms with E-state index in [0.717, 1.165) is 21.2 Å². The Morgan fingerprint density at radius 3 is 2.24 bits per heavy atom. The average Bonchev–Trinajstić information content (AvgIpc) is 2.97. The summed E-state index contributed by atoms with van der Waals surface area (Å²) in [7, 11) is -4.03. The number of ketones is 1. The molecule has 1 fully saturated rings. The van der Waals surface area contributed by atoms with E-state index in [9.17, 15) is 9.36 Å². The van der Waals surface area contributed by atoms with Crippen LogP contribution in [-0.4, -0.2) is 48.9 Å². The lowest BCUT2D eigenvalue weighted by Crippen LogP contribution is -2.53. The van der Waals surface area contributed by atoms with Gasteiger partial charge in [-0.3, -0.25) is 14.2 Å². The maximum Gasteiger partial charge on any atom is 0.345 e. The maximum atomic E-state index is 15.1. The highest BCUT2D eigenvalue weighted by Crippen LogP contribution is 2.64. The maximum absolute atomic E-state index is 15.1. The molecule has 1 heterocycles. The first-order valence-electron chi connectivity index (χ1n) is 14.5. The minimum Gasteiger partial charge on any atom is -0.342 e. The number of rotatable bonds is 9. The molecule has 216 valence electrons. The van der Waals surface area contributed by atoms with E-state index in [1.54, 1.807) is 20.8 Å². The molecular weight excluding hydrogens is 535 g/mol. The van der Waals surface area contributed by atoms with E-state index >= 15 is 4.79 Å². The molecule has 0 radical (unpaired) electrons. The standard InChI is InChI=1S/C33H39N2O5P/c1-4-39-41(38,40-5-2)30(28-16-10-14-23-11-8-9-15-27(23)28)31(36)33(3)22-25-13-7-6-12-24(25)21-29(33)32(37)35-19-17-26(34)18-20-35/h6-16,21-22,26,29-30H,4-5,17-20,34H2,1-3H3. The van der Waals surface area contributed by atoms with E-state index in [1.165, 1.54) is 0 Å². The summed E-state index contributed by atoms with van der Waals surface area (Å²) in [6.07, 6.45) is 5.21. The second-order valence-corrected chi connectivity index (χ2v) is 13.2. The van der Waals surface area contributed by atoms with Gasteiger partial charge in [-0.1, -0.05) is 78.9 Å². The van der Waals surface area contributed by atoms with Gasteiger partial charge in [-0.05, 0) is 60.4 Å². The second kappa shape index (κ2) is 12.0. The van der Waals surface area contributed by atoms with Gasteiger partial charge >= 0.3 is 7.60 Å². The summed E-state index contributed by atoms with van der Waals surface area (Å²) in [6.45, 7) is 6.57. The first-order valence-corrected chi connectivity index (χ1v) is 16.1. The topological polar surface area (TPSA) is 98.9 Å². The summed E-state index contributed by atoms with van der Waals surface area (Å²) >= 11 is 0. The summed E-state index contributed by atoms with van der Waals surface area (Å²) < 4.78 is 26.4. The molecule has 8 heteroatoms. The highest BCUT2D eigenvalue weighted by molar-refractivity contribution is 7.55. The number of likely N-dealkylation sites (tertiary alicyclic amines) is 1. The van der Waals surface area contributed by atoms with E-state index in [0.29, 0.717) is 31.5 Å². The molecule has 2 aliphatic rings. The first kappa shape index (κ1) is 29.4. The van der Waals surface area contributed by atoms with E-state index in [1.807, 2.05) is 83.8 Å². The van der Waals surface area contributed by atoms with Gasteiger partial charge in [0.05, 0.1) is 24.5 Å². The Balaban J connectivity index is 1.71. The van der Waals surface area contributed by atoms with Crippen LogP contribution in [0, 0.1) is 11.3 Å². The number of amides is 1. The zero-order valence-electron chi connectivity index (χ0n) is 24.0. The molecule has 3 aromatic carbocycles. The van der Waals surface area contributed by atoms with Crippen LogP contribution in [0.1, 0.15) is 44.8 Å². The molecule has 1 saturated heterocycles. The fourth-order valence-electron chi connectivity index (χ4n) is 6.21. The number of hydrogen-bond acceptors (Lipinski definition) is 6. The van der Waals surface area contributed by atoms with Crippen molar-refractivity contribution < 1.29 is 23.2 Å². The molecule has 1 aliphatic carbocycles. The lowest BCUT2D eigenvalue weighted by Gasteiger charge is -2.41. The Morgan fingerprint density at radius 1 is 0.951 bits per heavy atom. The van der Waals surface area contributed by atoms with Crippen molar-refractivity contribution in [3.05, 3.63) is 82.7 Å². The fraction of sp³-hybridized carbons (Fsp3) is 0.394. The van der Waals surface area contributed by atoms with Crippen molar-refractivity contribution in [1.82, 2.24) is 4.90 Å². The normalized spacial score (nSPS) is 22.0. The van der Waals surface area contributed by atoms with Crippen molar-refractivity contribution in [2.45, 2.75) is 45.3 Å². The highest BCUT2D eigenvalue weighted by atomic mass is 31.2. The second-order valence-electron chi connectivity index (χ2n) is 11.1. The van der Waals surface area contributed by atoms with Gasteiger partial charge in [0.2, 0.25) is 5.91 Å². The van der Waals surface area contributed by atoms with Crippen LogP contribution in [-0.2, 0) is 23.2 Å². The fourth-order valence-corrected chi connectivity index (χ4v) is 8.44. The lowest BCUT2D eigenvalue weighted by molar-refractivity contribution is -0.141. The highest BCUT2D eigenvalue weighted by Gasteiger charge is 2.53. The molecule has 7 nitrogen and oxygen atoms in total. The first-order chi connectivity index (χ1) is 19.7. The van der Waals surface area contributed by atoms with Crippen LogP contribution in [0.3, 0.4) is 0 Å². The van der Waals surface area contributed by atoms with Crippen molar-refractivity contribution >= 4 is 42.2 Å². The van der Waals surface area contributed by atoms with Gasteiger partial charge in [0.1, 0.15) is 5.66 Å². The predicted molar refractivity (Wildman–Crippen MR) is 163 cm³/mol. The van der Waals surface area contributed by atoms with Crippen LogP contribution < -0.4 is 16.2 Å². The number of benzene rings is 3. The van der Waals surface area contributed by atoms with Crippen LogP contribution in [0.25, 0.3) is 22.9 Å². The molecule has 3 atom stereocenters. The van der Waals surface area contributed by atoms with Crippen LogP contribution >= 0.6 is 7.60 Å². The van der Waals surface area contributed by atoms with Gasteiger partial charge in [0.25, 0.3) is 0 Å². The van der Waals surface area contributed by atoms with Gasteiger partial charge in [-0.2, -0.15) is 0 Å². The molecule has 3 aromatic rings. The van der Waals surface area contributed by atoms with Gasteiger partial charge in [-0.15, -0.1) is 0 Å². The molecule has 2 N–H and O–H groups in total. The third kappa shape index (κ3) is 5.56. The molecule has 0 spiro atoms. The Bertz CT molecular complexity index is 1600. The van der Waals surface area contributed by atoms with Crippen molar-refractivity contribution in [2.24, 2.45) is 17.1 Å². The number of hydrogen-bond donors (Lipinski definition) is 1. The molecule has 0 bridgehead atoms.